The molecular weight excluding hydrogens is 202 g/mol. The third-order valence-corrected chi connectivity index (χ3v) is 4.13. The van der Waals surface area contributed by atoms with Crippen LogP contribution in [0.5, 0.6) is 0 Å². The molecule has 3 heteroatoms. The second-order valence-corrected chi connectivity index (χ2v) is 5.42. The van der Waals surface area contributed by atoms with Crippen LogP contribution < -0.4 is 5.32 Å². The minimum absolute atomic E-state index is 0.183. The molecule has 0 aliphatic heterocycles. The first-order valence-corrected chi connectivity index (χ1v) is 6.70. The molecule has 2 rings (SSSR count). The third kappa shape index (κ3) is 3.21. The number of aliphatic hydroxyl groups is 1. The van der Waals surface area contributed by atoms with Crippen LogP contribution in [0.25, 0.3) is 0 Å². The summed E-state index contributed by atoms with van der Waals surface area (Å²) in [5, 5.41) is 12.8. The normalized spacial score (nSPS) is 30.8. The van der Waals surface area contributed by atoms with Crippen molar-refractivity contribution in [3.63, 3.8) is 0 Å². The number of hydrogen-bond acceptors (Lipinski definition) is 2. The van der Waals surface area contributed by atoms with Crippen molar-refractivity contribution in [1.29, 1.82) is 0 Å². The maximum Gasteiger partial charge on any atom is 0.220 e. The molecule has 2 saturated carbocycles. The van der Waals surface area contributed by atoms with Crippen molar-refractivity contribution in [2.24, 2.45) is 11.8 Å². The Kier molecular flexibility index (Phi) is 4.22. The average Bonchev–Trinajstić information content (AvgIpc) is 2.22. The highest BCUT2D eigenvalue weighted by Gasteiger charge is 2.24. The summed E-state index contributed by atoms with van der Waals surface area (Å²) in [6, 6.07) is 0. The van der Waals surface area contributed by atoms with E-state index >= 15 is 0 Å². The molecule has 16 heavy (non-hydrogen) atoms. The highest BCUT2D eigenvalue weighted by Crippen LogP contribution is 2.29. The number of amides is 1. The van der Waals surface area contributed by atoms with Gasteiger partial charge < -0.3 is 10.4 Å². The molecule has 3 nitrogen and oxygen atoms in total. The Balaban J connectivity index is 1.63. The molecule has 0 heterocycles. The van der Waals surface area contributed by atoms with E-state index in [9.17, 15) is 9.90 Å². The molecule has 2 atom stereocenters. The first-order chi connectivity index (χ1) is 7.75. The number of nitrogens with one attached hydrogen (secondary N) is 1. The van der Waals surface area contributed by atoms with E-state index in [1.807, 2.05) is 0 Å². The fraction of sp³-hybridized carbons (Fsp3) is 0.923. The Morgan fingerprint density at radius 1 is 1.12 bits per heavy atom. The van der Waals surface area contributed by atoms with Crippen LogP contribution in [0, 0.1) is 11.8 Å². The monoisotopic (exact) mass is 225 g/mol. The molecule has 0 aromatic heterocycles. The van der Waals surface area contributed by atoms with Gasteiger partial charge in [0, 0.05) is 18.9 Å². The van der Waals surface area contributed by atoms with Gasteiger partial charge in [-0.15, -0.1) is 0 Å². The minimum atomic E-state index is -0.197. The summed E-state index contributed by atoms with van der Waals surface area (Å²) in [4.78, 5) is 11.6. The number of carbonyl (C=O) groups is 1. The van der Waals surface area contributed by atoms with Crippen LogP contribution >= 0.6 is 0 Å². The van der Waals surface area contributed by atoms with Crippen molar-refractivity contribution in [3.8, 4) is 0 Å². The Hall–Kier alpha value is -0.570. The van der Waals surface area contributed by atoms with Gasteiger partial charge in [0.05, 0.1) is 6.10 Å². The lowest BCUT2D eigenvalue weighted by molar-refractivity contribution is -0.123. The maximum absolute atomic E-state index is 11.6. The summed E-state index contributed by atoms with van der Waals surface area (Å²) in [6.07, 6.45) is 8.53. The fourth-order valence-corrected chi connectivity index (χ4v) is 2.70. The van der Waals surface area contributed by atoms with Crippen molar-refractivity contribution < 1.29 is 9.90 Å². The maximum atomic E-state index is 11.6. The first-order valence-electron chi connectivity index (χ1n) is 6.70. The standard InChI is InChI=1S/C13H23NO2/c15-12-7-2-1-6-11(12)9-14-13(16)8-10-4-3-5-10/h10-12,15H,1-9H2,(H,14,16). The van der Waals surface area contributed by atoms with Crippen LogP contribution in [0.1, 0.15) is 51.4 Å². The summed E-state index contributed by atoms with van der Waals surface area (Å²) in [6.45, 7) is 0.673. The number of aliphatic hydroxyl groups excluding tert-OH is 1. The van der Waals surface area contributed by atoms with Gasteiger partial charge in [-0.2, -0.15) is 0 Å². The van der Waals surface area contributed by atoms with Gasteiger partial charge >= 0.3 is 0 Å². The summed E-state index contributed by atoms with van der Waals surface area (Å²) in [5.74, 6) is 1.11. The molecule has 0 aromatic carbocycles. The minimum Gasteiger partial charge on any atom is -0.393 e. The largest absolute Gasteiger partial charge is 0.393 e. The van der Waals surface area contributed by atoms with Gasteiger partial charge in [-0.3, -0.25) is 4.79 Å². The first kappa shape index (κ1) is 11.9. The summed E-state index contributed by atoms with van der Waals surface area (Å²) < 4.78 is 0. The Labute approximate surface area is 97.6 Å². The lowest BCUT2D eigenvalue weighted by Crippen LogP contribution is -2.37. The predicted molar refractivity (Wildman–Crippen MR) is 62.9 cm³/mol. The van der Waals surface area contributed by atoms with Crippen molar-refractivity contribution in [1.82, 2.24) is 5.32 Å². The van der Waals surface area contributed by atoms with E-state index in [-0.39, 0.29) is 12.0 Å². The predicted octanol–water partition coefficient (Wildman–Crippen LogP) is 1.84. The van der Waals surface area contributed by atoms with Crippen LogP contribution in [0.2, 0.25) is 0 Å². The molecule has 2 unspecified atom stereocenters. The van der Waals surface area contributed by atoms with E-state index in [2.05, 4.69) is 5.32 Å². The van der Waals surface area contributed by atoms with Gasteiger partial charge in [-0.1, -0.05) is 19.3 Å². The fourth-order valence-electron chi connectivity index (χ4n) is 2.70. The molecule has 2 N–H and O–H groups in total. The number of carbonyl (C=O) groups excluding carboxylic acids is 1. The van der Waals surface area contributed by atoms with Crippen LogP contribution in [0.4, 0.5) is 0 Å². The number of rotatable bonds is 4. The quantitative estimate of drug-likeness (QED) is 0.767. The van der Waals surface area contributed by atoms with Gasteiger partial charge in [-0.25, -0.2) is 0 Å². The molecule has 0 bridgehead atoms. The molecule has 92 valence electrons. The van der Waals surface area contributed by atoms with Gasteiger partial charge in [0.25, 0.3) is 0 Å². The Morgan fingerprint density at radius 2 is 1.88 bits per heavy atom. The van der Waals surface area contributed by atoms with Gasteiger partial charge in [-0.05, 0) is 31.6 Å². The molecule has 0 saturated heterocycles. The van der Waals surface area contributed by atoms with Crippen LogP contribution in [-0.4, -0.2) is 23.7 Å². The molecule has 2 aliphatic rings. The summed E-state index contributed by atoms with van der Waals surface area (Å²) >= 11 is 0. The van der Waals surface area contributed by atoms with E-state index in [1.54, 1.807) is 0 Å². The average molecular weight is 225 g/mol. The van der Waals surface area contributed by atoms with Gasteiger partial charge in [0.2, 0.25) is 5.91 Å². The van der Waals surface area contributed by atoms with E-state index < -0.39 is 0 Å². The van der Waals surface area contributed by atoms with E-state index in [0.29, 0.717) is 24.8 Å². The lowest BCUT2D eigenvalue weighted by Gasteiger charge is -2.28. The van der Waals surface area contributed by atoms with Crippen molar-refractivity contribution in [2.75, 3.05) is 6.54 Å². The molecular formula is C13H23NO2. The number of hydrogen-bond donors (Lipinski definition) is 2. The zero-order valence-electron chi connectivity index (χ0n) is 9.95. The van der Waals surface area contributed by atoms with E-state index in [4.69, 9.17) is 0 Å². The van der Waals surface area contributed by atoms with Crippen molar-refractivity contribution >= 4 is 5.91 Å². The SMILES string of the molecule is O=C(CC1CCC1)NCC1CCCCC1O. The zero-order valence-corrected chi connectivity index (χ0v) is 9.95. The van der Waals surface area contributed by atoms with Crippen LogP contribution in [0.3, 0.4) is 0 Å². The highest BCUT2D eigenvalue weighted by atomic mass is 16.3. The molecule has 0 spiro atoms. The molecule has 1 amide bonds. The molecule has 0 radical (unpaired) electrons. The highest BCUT2D eigenvalue weighted by molar-refractivity contribution is 5.76. The van der Waals surface area contributed by atoms with Crippen molar-refractivity contribution in [2.45, 2.75) is 57.5 Å². The van der Waals surface area contributed by atoms with Gasteiger partial charge in [0.1, 0.15) is 0 Å². The van der Waals surface area contributed by atoms with Gasteiger partial charge in [0.15, 0.2) is 0 Å². The van der Waals surface area contributed by atoms with Crippen LogP contribution in [-0.2, 0) is 4.79 Å². The van der Waals surface area contributed by atoms with E-state index in [1.165, 1.54) is 25.7 Å². The molecule has 2 fully saturated rings. The van der Waals surface area contributed by atoms with E-state index in [0.717, 1.165) is 19.3 Å². The second-order valence-electron chi connectivity index (χ2n) is 5.42. The lowest BCUT2D eigenvalue weighted by atomic mass is 9.82. The topological polar surface area (TPSA) is 49.3 Å². The molecule has 2 aliphatic carbocycles. The third-order valence-electron chi connectivity index (χ3n) is 4.13. The summed E-state index contributed by atoms with van der Waals surface area (Å²) in [5.41, 5.74) is 0. The second kappa shape index (κ2) is 5.67. The molecule has 0 aromatic rings. The Bertz CT molecular complexity index is 238. The smallest absolute Gasteiger partial charge is 0.220 e. The van der Waals surface area contributed by atoms with Crippen molar-refractivity contribution in [3.05, 3.63) is 0 Å². The summed E-state index contributed by atoms with van der Waals surface area (Å²) in [7, 11) is 0. The Morgan fingerprint density at radius 3 is 2.50 bits per heavy atom. The van der Waals surface area contributed by atoms with Crippen LogP contribution in [0.15, 0.2) is 0 Å². The zero-order chi connectivity index (χ0) is 11.4.